The predicted octanol–water partition coefficient (Wildman–Crippen LogP) is 1.35. The van der Waals surface area contributed by atoms with Crippen LogP contribution in [0.25, 0.3) is 5.69 Å². The first kappa shape index (κ1) is 14.0. The minimum absolute atomic E-state index is 0.249. The van der Waals surface area contributed by atoms with Crippen molar-refractivity contribution in [1.29, 1.82) is 0 Å². The number of hydrogen-bond donors (Lipinski definition) is 2. The Bertz CT molecular complexity index is 678. The molecule has 104 valence electrons. The van der Waals surface area contributed by atoms with E-state index in [-0.39, 0.29) is 11.6 Å². The van der Waals surface area contributed by atoms with Gasteiger partial charge in [-0.25, -0.2) is 14.8 Å². The quantitative estimate of drug-likeness (QED) is 0.488. The second kappa shape index (κ2) is 6.12. The van der Waals surface area contributed by atoms with E-state index in [0.29, 0.717) is 12.4 Å². The third kappa shape index (κ3) is 2.92. The summed E-state index contributed by atoms with van der Waals surface area (Å²) in [6.07, 6.45) is 1.69. The van der Waals surface area contributed by atoms with E-state index in [1.165, 1.54) is 4.57 Å². The van der Waals surface area contributed by atoms with Gasteiger partial charge in [-0.2, -0.15) is 9.97 Å². The van der Waals surface area contributed by atoms with Crippen molar-refractivity contribution in [1.82, 2.24) is 20.0 Å². The van der Waals surface area contributed by atoms with Crippen molar-refractivity contribution >= 4 is 5.95 Å². The number of nitrogens with one attached hydrogen (secondary N) is 2. The minimum atomic E-state index is -0.366. The summed E-state index contributed by atoms with van der Waals surface area (Å²) in [6.45, 7) is 7.84. The molecule has 1 aromatic heterocycles. The van der Waals surface area contributed by atoms with Crippen molar-refractivity contribution in [3.63, 3.8) is 0 Å². The van der Waals surface area contributed by atoms with Crippen LogP contribution in [0.15, 0.2) is 41.7 Å². The second-order valence-corrected chi connectivity index (χ2v) is 4.29. The highest BCUT2D eigenvalue weighted by atomic mass is 16.1. The van der Waals surface area contributed by atoms with Crippen LogP contribution in [0.4, 0.5) is 5.95 Å². The Kier molecular flexibility index (Phi) is 4.27. The lowest BCUT2D eigenvalue weighted by Crippen LogP contribution is -2.30. The predicted molar refractivity (Wildman–Crippen MR) is 78.9 cm³/mol. The first-order valence-electron chi connectivity index (χ1n) is 6.27. The molecular weight excluding hydrogens is 254 g/mol. The third-order valence-corrected chi connectivity index (χ3v) is 2.79. The summed E-state index contributed by atoms with van der Waals surface area (Å²) >= 11 is 0. The van der Waals surface area contributed by atoms with Crippen LogP contribution < -0.4 is 16.5 Å². The zero-order chi connectivity index (χ0) is 14.5. The van der Waals surface area contributed by atoms with E-state index in [2.05, 4.69) is 27.4 Å². The van der Waals surface area contributed by atoms with Crippen LogP contribution in [0.3, 0.4) is 0 Å². The van der Waals surface area contributed by atoms with E-state index in [9.17, 15) is 4.79 Å². The highest BCUT2D eigenvalue weighted by Gasteiger charge is 2.09. The van der Waals surface area contributed by atoms with Gasteiger partial charge < -0.3 is 0 Å². The van der Waals surface area contributed by atoms with Gasteiger partial charge in [-0.05, 0) is 25.5 Å². The average Bonchev–Trinajstić information content (AvgIpc) is 2.40. The Morgan fingerprint density at radius 3 is 2.70 bits per heavy atom. The molecule has 0 bridgehead atoms. The van der Waals surface area contributed by atoms with Crippen molar-refractivity contribution in [2.24, 2.45) is 0 Å². The van der Waals surface area contributed by atoms with Gasteiger partial charge in [0.05, 0.1) is 5.69 Å². The number of para-hydroxylation sites is 1. The molecular formula is C14H17N5O. The molecule has 0 atom stereocenters. The van der Waals surface area contributed by atoms with Crippen molar-refractivity contribution in [3.05, 3.63) is 58.8 Å². The Morgan fingerprint density at radius 1 is 1.30 bits per heavy atom. The summed E-state index contributed by atoms with van der Waals surface area (Å²) in [5.74, 6) is 0.821. The van der Waals surface area contributed by atoms with Gasteiger partial charge >= 0.3 is 5.69 Å². The maximum absolute atomic E-state index is 12.2. The molecule has 0 saturated heterocycles. The molecule has 0 aliphatic rings. The maximum atomic E-state index is 12.2. The van der Waals surface area contributed by atoms with E-state index >= 15 is 0 Å². The van der Waals surface area contributed by atoms with Crippen LogP contribution in [0.2, 0.25) is 0 Å². The van der Waals surface area contributed by atoms with Gasteiger partial charge in [-0.15, -0.1) is 6.58 Å². The summed E-state index contributed by atoms with van der Waals surface area (Å²) in [7, 11) is 0. The van der Waals surface area contributed by atoms with Gasteiger partial charge in [-0.3, -0.25) is 5.43 Å². The average molecular weight is 271 g/mol. The largest absolute Gasteiger partial charge is 0.356 e. The van der Waals surface area contributed by atoms with Gasteiger partial charge in [-0.1, -0.05) is 24.3 Å². The first-order chi connectivity index (χ1) is 9.63. The molecule has 2 rings (SSSR count). The fourth-order valence-electron chi connectivity index (χ4n) is 1.86. The zero-order valence-electron chi connectivity index (χ0n) is 11.6. The number of aromatic nitrogens is 3. The van der Waals surface area contributed by atoms with Crippen LogP contribution in [0.5, 0.6) is 0 Å². The van der Waals surface area contributed by atoms with E-state index in [1.54, 1.807) is 13.0 Å². The molecule has 2 aromatic rings. The number of hydrazine groups is 1. The standard InChI is InChI=1S/C14H17N5O/c1-4-9-15-18-13-16-11(3)19(14(20)17-13)12-8-6-5-7-10(12)2/h4-8,15H,1,9H2,2-3H3,(H,17,18,20). The van der Waals surface area contributed by atoms with E-state index in [1.807, 2.05) is 31.2 Å². The molecule has 20 heavy (non-hydrogen) atoms. The summed E-state index contributed by atoms with van der Waals surface area (Å²) in [6, 6.07) is 7.62. The van der Waals surface area contributed by atoms with E-state index in [0.717, 1.165) is 11.3 Å². The summed E-state index contributed by atoms with van der Waals surface area (Å²) < 4.78 is 1.49. The number of hydrogen-bond acceptors (Lipinski definition) is 5. The summed E-state index contributed by atoms with van der Waals surface area (Å²) in [4.78, 5) is 20.3. The molecule has 2 N–H and O–H groups in total. The van der Waals surface area contributed by atoms with E-state index < -0.39 is 0 Å². The topological polar surface area (TPSA) is 71.8 Å². The molecule has 6 heteroatoms. The number of anilines is 1. The van der Waals surface area contributed by atoms with Crippen LogP contribution in [0.1, 0.15) is 11.4 Å². The van der Waals surface area contributed by atoms with Crippen molar-refractivity contribution in [2.75, 3.05) is 12.0 Å². The highest BCUT2D eigenvalue weighted by Crippen LogP contribution is 2.12. The molecule has 0 fully saturated rings. The van der Waals surface area contributed by atoms with Crippen LogP contribution in [0, 0.1) is 13.8 Å². The number of nitrogens with zero attached hydrogens (tertiary/aromatic N) is 3. The van der Waals surface area contributed by atoms with E-state index in [4.69, 9.17) is 0 Å². The summed E-state index contributed by atoms with van der Waals surface area (Å²) in [5, 5.41) is 0. The lowest BCUT2D eigenvalue weighted by atomic mass is 10.2. The Balaban J connectivity index is 2.39. The zero-order valence-corrected chi connectivity index (χ0v) is 11.6. The second-order valence-electron chi connectivity index (χ2n) is 4.29. The van der Waals surface area contributed by atoms with Crippen molar-refractivity contribution in [3.8, 4) is 5.69 Å². The monoisotopic (exact) mass is 271 g/mol. The smallest absolute Gasteiger partial charge is 0.289 e. The number of aryl methyl sites for hydroxylation is 2. The Hall–Kier alpha value is -2.47. The number of rotatable bonds is 5. The van der Waals surface area contributed by atoms with Gasteiger partial charge in [0.25, 0.3) is 0 Å². The molecule has 1 heterocycles. The lowest BCUT2D eigenvalue weighted by molar-refractivity contribution is 0.782. The normalized spacial score (nSPS) is 10.3. The molecule has 0 amide bonds. The van der Waals surface area contributed by atoms with Gasteiger partial charge in [0.2, 0.25) is 5.95 Å². The molecule has 0 unspecified atom stereocenters. The Morgan fingerprint density at radius 2 is 2.05 bits per heavy atom. The molecule has 0 aliphatic heterocycles. The minimum Gasteiger partial charge on any atom is -0.289 e. The SMILES string of the molecule is C=CCNNc1nc(C)n(-c2ccccc2C)c(=O)n1. The summed E-state index contributed by atoms with van der Waals surface area (Å²) in [5.41, 5.74) is 7.02. The molecule has 0 radical (unpaired) electrons. The van der Waals surface area contributed by atoms with Crippen LogP contribution in [-0.2, 0) is 0 Å². The molecule has 0 aliphatic carbocycles. The highest BCUT2D eigenvalue weighted by molar-refractivity contribution is 5.41. The van der Waals surface area contributed by atoms with Crippen molar-refractivity contribution in [2.45, 2.75) is 13.8 Å². The fraction of sp³-hybridized carbons (Fsp3) is 0.214. The van der Waals surface area contributed by atoms with Gasteiger partial charge in [0.1, 0.15) is 5.82 Å². The molecule has 6 nitrogen and oxygen atoms in total. The Labute approximate surface area is 117 Å². The van der Waals surface area contributed by atoms with Crippen LogP contribution in [-0.4, -0.2) is 21.1 Å². The molecule has 0 saturated carbocycles. The molecule has 1 aromatic carbocycles. The van der Waals surface area contributed by atoms with Crippen LogP contribution >= 0.6 is 0 Å². The van der Waals surface area contributed by atoms with Gasteiger partial charge in [0, 0.05) is 6.54 Å². The fourth-order valence-corrected chi connectivity index (χ4v) is 1.86. The maximum Gasteiger partial charge on any atom is 0.356 e. The number of benzene rings is 1. The molecule has 0 spiro atoms. The first-order valence-corrected chi connectivity index (χ1v) is 6.27. The van der Waals surface area contributed by atoms with Crippen molar-refractivity contribution < 1.29 is 0 Å². The lowest BCUT2D eigenvalue weighted by Gasteiger charge is -2.12. The third-order valence-electron chi connectivity index (χ3n) is 2.79. The van der Waals surface area contributed by atoms with Gasteiger partial charge in [0.15, 0.2) is 0 Å².